The quantitative estimate of drug-likeness (QED) is 0.792. The van der Waals surface area contributed by atoms with Crippen molar-refractivity contribution in [3.63, 3.8) is 0 Å². The second-order valence-electron chi connectivity index (χ2n) is 4.39. The number of rotatable bonds is 3. The van der Waals surface area contributed by atoms with Gasteiger partial charge in [-0.3, -0.25) is 4.79 Å². The molecule has 0 unspecified atom stereocenters. The molecular formula is C13H17NO2. The number of Topliss-reactive ketones (excluding diaryl/α,β-unsaturated/α-hetero) is 1. The van der Waals surface area contributed by atoms with Crippen LogP contribution in [-0.4, -0.2) is 18.4 Å². The fourth-order valence-electron chi connectivity index (χ4n) is 2.33. The van der Waals surface area contributed by atoms with Crippen molar-refractivity contribution in [3.8, 4) is 5.75 Å². The van der Waals surface area contributed by atoms with Crippen LogP contribution in [0.3, 0.4) is 0 Å². The lowest BCUT2D eigenvalue weighted by atomic mass is 9.88. The van der Waals surface area contributed by atoms with Gasteiger partial charge < -0.3 is 10.5 Å². The van der Waals surface area contributed by atoms with Crippen LogP contribution in [0.2, 0.25) is 0 Å². The van der Waals surface area contributed by atoms with Crippen molar-refractivity contribution >= 4 is 5.78 Å². The van der Waals surface area contributed by atoms with Crippen molar-refractivity contribution in [2.24, 2.45) is 5.73 Å². The molecular weight excluding hydrogens is 202 g/mol. The average Bonchev–Trinajstić information content (AvgIpc) is 2.76. The maximum atomic E-state index is 12.3. The summed E-state index contributed by atoms with van der Waals surface area (Å²) in [5, 5.41) is 0. The Labute approximate surface area is 95.6 Å². The van der Waals surface area contributed by atoms with E-state index < -0.39 is 5.54 Å². The van der Waals surface area contributed by atoms with Crippen LogP contribution in [-0.2, 0) is 0 Å². The van der Waals surface area contributed by atoms with Gasteiger partial charge in [0.2, 0.25) is 0 Å². The molecule has 0 saturated heterocycles. The maximum Gasteiger partial charge on any atom is 0.186 e. The first-order valence-corrected chi connectivity index (χ1v) is 5.64. The van der Waals surface area contributed by atoms with E-state index in [1.54, 1.807) is 19.2 Å². The van der Waals surface area contributed by atoms with E-state index in [9.17, 15) is 4.79 Å². The third kappa shape index (κ3) is 1.83. The highest BCUT2D eigenvalue weighted by Gasteiger charge is 2.38. The summed E-state index contributed by atoms with van der Waals surface area (Å²) in [4.78, 5) is 12.3. The summed E-state index contributed by atoms with van der Waals surface area (Å²) >= 11 is 0. The lowest BCUT2D eigenvalue weighted by Gasteiger charge is -2.22. The van der Waals surface area contributed by atoms with Gasteiger partial charge in [0.05, 0.1) is 18.2 Å². The molecule has 3 nitrogen and oxygen atoms in total. The minimum Gasteiger partial charge on any atom is -0.496 e. The molecule has 2 rings (SSSR count). The molecule has 0 atom stereocenters. The van der Waals surface area contributed by atoms with Crippen LogP contribution in [0.4, 0.5) is 0 Å². The summed E-state index contributed by atoms with van der Waals surface area (Å²) in [5.41, 5.74) is 6.09. The van der Waals surface area contributed by atoms with Gasteiger partial charge >= 0.3 is 0 Å². The van der Waals surface area contributed by atoms with E-state index in [0.717, 1.165) is 25.7 Å². The van der Waals surface area contributed by atoms with Crippen molar-refractivity contribution in [1.82, 2.24) is 0 Å². The Kier molecular flexibility index (Phi) is 2.97. The van der Waals surface area contributed by atoms with E-state index in [1.807, 2.05) is 12.1 Å². The zero-order valence-corrected chi connectivity index (χ0v) is 9.53. The van der Waals surface area contributed by atoms with Gasteiger partial charge in [-0.15, -0.1) is 0 Å². The van der Waals surface area contributed by atoms with Gasteiger partial charge in [-0.1, -0.05) is 25.0 Å². The Bertz CT molecular complexity index is 395. The number of nitrogens with two attached hydrogens (primary N) is 1. The summed E-state index contributed by atoms with van der Waals surface area (Å²) in [6.45, 7) is 0. The Morgan fingerprint density at radius 2 is 1.94 bits per heavy atom. The van der Waals surface area contributed by atoms with E-state index in [0.29, 0.717) is 11.3 Å². The van der Waals surface area contributed by atoms with Crippen molar-refractivity contribution in [2.45, 2.75) is 31.2 Å². The maximum absolute atomic E-state index is 12.3. The molecule has 0 heterocycles. The Balaban J connectivity index is 2.33. The fourth-order valence-corrected chi connectivity index (χ4v) is 2.33. The van der Waals surface area contributed by atoms with Crippen molar-refractivity contribution in [1.29, 1.82) is 0 Å². The zero-order valence-electron chi connectivity index (χ0n) is 9.53. The van der Waals surface area contributed by atoms with Gasteiger partial charge in [-0.2, -0.15) is 0 Å². The normalized spacial score (nSPS) is 18.4. The molecule has 1 aromatic carbocycles. The Hall–Kier alpha value is -1.35. The standard InChI is InChI=1S/C13H17NO2/c1-16-11-7-3-2-6-10(11)12(15)13(14)8-4-5-9-13/h2-3,6-7H,4-5,8-9,14H2,1H3. The molecule has 0 spiro atoms. The third-order valence-corrected chi connectivity index (χ3v) is 3.30. The van der Waals surface area contributed by atoms with Gasteiger partial charge in [0.25, 0.3) is 0 Å². The number of hydrogen-bond acceptors (Lipinski definition) is 3. The second-order valence-corrected chi connectivity index (χ2v) is 4.39. The van der Waals surface area contributed by atoms with Crippen LogP contribution in [0.5, 0.6) is 5.75 Å². The smallest absolute Gasteiger partial charge is 0.186 e. The van der Waals surface area contributed by atoms with Gasteiger partial charge in [0.1, 0.15) is 5.75 Å². The van der Waals surface area contributed by atoms with Crippen LogP contribution in [0, 0.1) is 0 Å². The van der Waals surface area contributed by atoms with E-state index in [1.165, 1.54) is 0 Å². The summed E-state index contributed by atoms with van der Waals surface area (Å²) in [7, 11) is 1.57. The molecule has 3 heteroatoms. The predicted octanol–water partition coefficient (Wildman–Crippen LogP) is 2.15. The largest absolute Gasteiger partial charge is 0.496 e. The first-order valence-electron chi connectivity index (χ1n) is 5.64. The molecule has 0 bridgehead atoms. The number of methoxy groups -OCH3 is 1. The molecule has 0 aromatic heterocycles. The lowest BCUT2D eigenvalue weighted by molar-refractivity contribution is 0.0889. The number of carbonyl (C=O) groups excluding carboxylic acids is 1. The zero-order chi connectivity index (χ0) is 11.6. The Morgan fingerprint density at radius 1 is 1.31 bits per heavy atom. The highest BCUT2D eigenvalue weighted by atomic mass is 16.5. The van der Waals surface area contributed by atoms with Gasteiger partial charge in [-0.05, 0) is 25.0 Å². The molecule has 0 aliphatic heterocycles. The van der Waals surface area contributed by atoms with E-state index in [4.69, 9.17) is 10.5 Å². The van der Waals surface area contributed by atoms with Crippen LogP contribution < -0.4 is 10.5 Å². The molecule has 1 saturated carbocycles. The molecule has 1 aliphatic carbocycles. The number of para-hydroxylation sites is 1. The highest BCUT2D eigenvalue weighted by Crippen LogP contribution is 2.32. The molecule has 2 N–H and O–H groups in total. The summed E-state index contributed by atoms with van der Waals surface area (Å²) in [6, 6.07) is 7.28. The topological polar surface area (TPSA) is 52.3 Å². The monoisotopic (exact) mass is 219 g/mol. The number of carbonyl (C=O) groups is 1. The molecule has 1 fully saturated rings. The van der Waals surface area contributed by atoms with E-state index in [-0.39, 0.29) is 5.78 Å². The van der Waals surface area contributed by atoms with Crippen LogP contribution in [0.1, 0.15) is 36.0 Å². The van der Waals surface area contributed by atoms with E-state index >= 15 is 0 Å². The minimum atomic E-state index is -0.672. The fraction of sp³-hybridized carbons (Fsp3) is 0.462. The second kappa shape index (κ2) is 4.26. The molecule has 0 radical (unpaired) electrons. The summed E-state index contributed by atoms with van der Waals surface area (Å²) in [6.07, 6.45) is 3.64. The molecule has 0 amide bonds. The lowest BCUT2D eigenvalue weighted by Crippen LogP contribution is -2.45. The molecule has 1 aliphatic rings. The van der Waals surface area contributed by atoms with Crippen LogP contribution >= 0.6 is 0 Å². The van der Waals surface area contributed by atoms with Gasteiger partial charge in [0, 0.05) is 0 Å². The summed E-state index contributed by atoms with van der Waals surface area (Å²) in [5.74, 6) is 0.631. The number of ether oxygens (including phenoxy) is 1. The highest BCUT2D eigenvalue weighted by molar-refractivity contribution is 6.05. The van der Waals surface area contributed by atoms with Crippen LogP contribution in [0.25, 0.3) is 0 Å². The summed E-state index contributed by atoms with van der Waals surface area (Å²) < 4.78 is 5.19. The van der Waals surface area contributed by atoms with Gasteiger partial charge in [-0.25, -0.2) is 0 Å². The van der Waals surface area contributed by atoms with E-state index in [2.05, 4.69) is 0 Å². The minimum absolute atomic E-state index is 0.0162. The predicted molar refractivity (Wildman–Crippen MR) is 62.7 cm³/mol. The first-order chi connectivity index (χ1) is 7.67. The van der Waals surface area contributed by atoms with Crippen molar-refractivity contribution < 1.29 is 9.53 Å². The average molecular weight is 219 g/mol. The molecule has 16 heavy (non-hydrogen) atoms. The van der Waals surface area contributed by atoms with Crippen molar-refractivity contribution in [2.75, 3.05) is 7.11 Å². The molecule has 1 aromatic rings. The first kappa shape index (κ1) is 11.1. The van der Waals surface area contributed by atoms with Gasteiger partial charge in [0.15, 0.2) is 5.78 Å². The SMILES string of the molecule is COc1ccccc1C(=O)C1(N)CCCC1. The van der Waals surface area contributed by atoms with Crippen molar-refractivity contribution in [3.05, 3.63) is 29.8 Å². The molecule has 86 valence electrons. The number of benzene rings is 1. The third-order valence-electron chi connectivity index (χ3n) is 3.30. The Morgan fingerprint density at radius 3 is 2.56 bits per heavy atom. The number of hydrogen-bond donors (Lipinski definition) is 1. The van der Waals surface area contributed by atoms with Crippen LogP contribution in [0.15, 0.2) is 24.3 Å². The number of ketones is 1.